The van der Waals surface area contributed by atoms with Crippen LogP contribution in [0.15, 0.2) is 41.3 Å². The van der Waals surface area contributed by atoms with Crippen LogP contribution in [-0.2, 0) is 0 Å². The predicted octanol–water partition coefficient (Wildman–Crippen LogP) is 2.88. The summed E-state index contributed by atoms with van der Waals surface area (Å²) >= 11 is 11.8. The minimum absolute atomic E-state index is 0.296. The number of aromatic nitrogens is 1. The first-order valence-electron chi connectivity index (χ1n) is 6.61. The predicted molar refractivity (Wildman–Crippen MR) is 86.0 cm³/mol. The molecule has 2 aromatic rings. The molecule has 0 aliphatic carbocycles. The number of pyridine rings is 1. The number of ether oxygens (including phenoxy) is 1. The van der Waals surface area contributed by atoms with Gasteiger partial charge in [-0.15, -0.1) is 0 Å². The number of amides is 1. The maximum atomic E-state index is 11.8. The van der Waals surface area contributed by atoms with E-state index in [9.17, 15) is 9.59 Å². The number of aromatic amines is 1. The van der Waals surface area contributed by atoms with Crippen LogP contribution in [0.4, 0.5) is 0 Å². The summed E-state index contributed by atoms with van der Waals surface area (Å²) in [6.07, 6.45) is 2.04. The lowest BCUT2D eigenvalue weighted by atomic mass is 10.2. The quantitative estimate of drug-likeness (QED) is 0.794. The maximum Gasteiger partial charge on any atom is 0.251 e. The molecule has 1 aromatic heterocycles. The fourth-order valence-corrected chi connectivity index (χ4v) is 2.20. The molecule has 2 N–H and O–H groups in total. The van der Waals surface area contributed by atoms with Crippen LogP contribution >= 0.6 is 23.2 Å². The molecule has 5 nitrogen and oxygen atoms in total. The third kappa shape index (κ3) is 4.79. The summed E-state index contributed by atoms with van der Waals surface area (Å²) in [5.41, 5.74) is 0.0128. The molecule has 1 aromatic carbocycles. The zero-order chi connectivity index (χ0) is 15.9. The van der Waals surface area contributed by atoms with Gasteiger partial charge in [-0.1, -0.05) is 23.2 Å². The van der Waals surface area contributed by atoms with Crippen molar-refractivity contribution in [2.75, 3.05) is 13.2 Å². The molecule has 7 heteroatoms. The number of rotatable bonds is 6. The zero-order valence-corrected chi connectivity index (χ0v) is 13.1. The van der Waals surface area contributed by atoms with Crippen molar-refractivity contribution in [2.45, 2.75) is 6.42 Å². The first-order chi connectivity index (χ1) is 10.6. The average molecular weight is 341 g/mol. The van der Waals surface area contributed by atoms with Gasteiger partial charge < -0.3 is 15.0 Å². The molecule has 0 spiro atoms. The van der Waals surface area contributed by atoms with Crippen LogP contribution in [0.5, 0.6) is 5.75 Å². The smallest absolute Gasteiger partial charge is 0.251 e. The lowest BCUT2D eigenvalue weighted by Crippen LogP contribution is -2.26. The lowest BCUT2D eigenvalue weighted by Gasteiger charge is -2.09. The Morgan fingerprint density at radius 2 is 2.05 bits per heavy atom. The highest BCUT2D eigenvalue weighted by molar-refractivity contribution is 6.35. The fraction of sp³-hybridized carbons (Fsp3) is 0.200. The van der Waals surface area contributed by atoms with Crippen LogP contribution in [0.2, 0.25) is 10.0 Å². The highest BCUT2D eigenvalue weighted by Crippen LogP contribution is 2.27. The van der Waals surface area contributed by atoms with Gasteiger partial charge in [-0.05, 0) is 30.7 Å². The summed E-state index contributed by atoms with van der Waals surface area (Å²) in [5.74, 6) is 0.252. The van der Waals surface area contributed by atoms with E-state index in [2.05, 4.69) is 10.3 Å². The Bertz CT molecular complexity index is 716. The molecule has 0 aliphatic rings. The summed E-state index contributed by atoms with van der Waals surface area (Å²) in [7, 11) is 0. The lowest BCUT2D eigenvalue weighted by molar-refractivity contribution is 0.0951. The molecule has 0 radical (unpaired) electrons. The van der Waals surface area contributed by atoms with E-state index in [1.54, 1.807) is 24.3 Å². The third-order valence-corrected chi connectivity index (χ3v) is 3.33. The number of carbonyl (C=O) groups is 1. The summed E-state index contributed by atoms with van der Waals surface area (Å²) in [6.45, 7) is 0.827. The number of hydrogen-bond donors (Lipinski definition) is 2. The molecule has 0 aliphatic heterocycles. The first kappa shape index (κ1) is 16.4. The van der Waals surface area contributed by atoms with Crippen molar-refractivity contribution in [3.05, 3.63) is 62.5 Å². The van der Waals surface area contributed by atoms with E-state index in [1.807, 2.05) is 0 Å². The molecule has 0 saturated carbocycles. The van der Waals surface area contributed by atoms with Gasteiger partial charge >= 0.3 is 0 Å². The van der Waals surface area contributed by atoms with Gasteiger partial charge in [-0.25, -0.2) is 0 Å². The largest absolute Gasteiger partial charge is 0.492 e. The number of nitrogens with one attached hydrogen (secondary N) is 2. The molecule has 0 bridgehead atoms. The van der Waals surface area contributed by atoms with Gasteiger partial charge in [0.2, 0.25) is 5.56 Å². The van der Waals surface area contributed by atoms with Crippen molar-refractivity contribution in [1.29, 1.82) is 0 Å². The monoisotopic (exact) mass is 340 g/mol. The minimum Gasteiger partial charge on any atom is -0.492 e. The molecule has 0 saturated heterocycles. The van der Waals surface area contributed by atoms with E-state index in [1.165, 1.54) is 12.3 Å². The second-order valence-corrected chi connectivity index (χ2v) is 5.32. The van der Waals surface area contributed by atoms with E-state index in [0.29, 0.717) is 40.9 Å². The molecule has 1 heterocycles. The van der Waals surface area contributed by atoms with E-state index < -0.39 is 0 Å². The molecule has 22 heavy (non-hydrogen) atoms. The number of benzene rings is 1. The first-order valence-corrected chi connectivity index (χ1v) is 7.36. The van der Waals surface area contributed by atoms with Crippen molar-refractivity contribution < 1.29 is 9.53 Å². The van der Waals surface area contributed by atoms with Gasteiger partial charge in [0.25, 0.3) is 5.91 Å². The molecule has 0 unspecified atom stereocenters. The number of H-pyrrole nitrogens is 1. The normalized spacial score (nSPS) is 10.3. The van der Waals surface area contributed by atoms with Gasteiger partial charge in [0.1, 0.15) is 5.75 Å². The van der Waals surface area contributed by atoms with Gasteiger partial charge in [0.05, 0.1) is 11.6 Å². The highest BCUT2D eigenvalue weighted by Gasteiger charge is 2.05. The Balaban J connectivity index is 1.73. The van der Waals surface area contributed by atoms with E-state index in [0.717, 1.165) is 0 Å². The Kier molecular flexibility index (Phi) is 5.86. The van der Waals surface area contributed by atoms with Crippen LogP contribution < -0.4 is 15.6 Å². The number of carbonyl (C=O) groups excluding carboxylic acids is 1. The van der Waals surface area contributed by atoms with E-state index in [4.69, 9.17) is 27.9 Å². The van der Waals surface area contributed by atoms with Crippen molar-refractivity contribution in [1.82, 2.24) is 10.3 Å². The van der Waals surface area contributed by atoms with Gasteiger partial charge in [0, 0.05) is 29.4 Å². The molecular formula is C15H14Cl2N2O3. The molecule has 2 rings (SSSR count). The molecular weight excluding hydrogens is 327 g/mol. The Hall–Kier alpha value is -1.98. The van der Waals surface area contributed by atoms with Crippen LogP contribution in [0.3, 0.4) is 0 Å². The fourth-order valence-electron chi connectivity index (χ4n) is 1.74. The SMILES string of the molecule is O=C(NCCCOc1ccc(Cl)cc1Cl)c1cc[nH]c(=O)c1. The number of halogens is 2. The Morgan fingerprint density at radius 1 is 1.23 bits per heavy atom. The summed E-state index contributed by atoms with van der Waals surface area (Å²) in [4.78, 5) is 25.3. The van der Waals surface area contributed by atoms with E-state index in [-0.39, 0.29) is 11.5 Å². The molecule has 0 fully saturated rings. The second-order valence-electron chi connectivity index (χ2n) is 4.47. The van der Waals surface area contributed by atoms with Gasteiger partial charge in [-0.2, -0.15) is 0 Å². The second kappa shape index (κ2) is 7.87. The van der Waals surface area contributed by atoms with Gasteiger partial charge in [-0.3, -0.25) is 9.59 Å². The van der Waals surface area contributed by atoms with Crippen LogP contribution in [0, 0.1) is 0 Å². The highest BCUT2D eigenvalue weighted by atomic mass is 35.5. The third-order valence-electron chi connectivity index (χ3n) is 2.80. The molecule has 116 valence electrons. The minimum atomic E-state index is -0.312. The summed E-state index contributed by atoms with van der Waals surface area (Å²) < 4.78 is 5.50. The number of hydrogen-bond acceptors (Lipinski definition) is 3. The molecule has 1 amide bonds. The molecule has 0 atom stereocenters. The topological polar surface area (TPSA) is 71.2 Å². The summed E-state index contributed by atoms with van der Waals surface area (Å²) in [6, 6.07) is 7.78. The van der Waals surface area contributed by atoms with Crippen molar-refractivity contribution >= 4 is 29.1 Å². The summed E-state index contributed by atoms with van der Waals surface area (Å²) in [5, 5.41) is 3.70. The van der Waals surface area contributed by atoms with Crippen molar-refractivity contribution in [2.24, 2.45) is 0 Å². The van der Waals surface area contributed by atoms with Crippen molar-refractivity contribution in [3.63, 3.8) is 0 Å². The zero-order valence-electron chi connectivity index (χ0n) is 11.6. The maximum absolute atomic E-state index is 11.8. The standard InChI is InChI=1S/C15H14Cl2N2O3/c16-11-2-3-13(12(17)9-11)22-7-1-5-19-15(21)10-4-6-18-14(20)8-10/h2-4,6,8-9H,1,5,7H2,(H,18,20)(H,19,21). The van der Waals surface area contributed by atoms with Crippen LogP contribution in [-0.4, -0.2) is 24.0 Å². The van der Waals surface area contributed by atoms with Crippen LogP contribution in [0.25, 0.3) is 0 Å². The van der Waals surface area contributed by atoms with Crippen LogP contribution in [0.1, 0.15) is 16.8 Å². The van der Waals surface area contributed by atoms with Crippen molar-refractivity contribution in [3.8, 4) is 5.75 Å². The van der Waals surface area contributed by atoms with Gasteiger partial charge in [0.15, 0.2) is 0 Å². The Labute approximate surface area is 137 Å². The Morgan fingerprint density at radius 3 is 2.77 bits per heavy atom. The average Bonchev–Trinajstić information content (AvgIpc) is 2.48. The van der Waals surface area contributed by atoms with E-state index >= 15 is 0 Å².